The van der Waals surface area contributed by atoms with Crippen LogP contribution in [0.25, 0.3) is 5.69 Å². The molecule has 0 unspecified atom stereocenters. The Morgan fingerprint density at radius 1 is 0.923 bits per heavy atom. The lowest BCUT2D eigenvalue weighted by Gasteiger charge is -2.13. The first-order valence-corrected chi connectivity index (χ1v) is 9.35. The largest absolute Gasteiger partial charge is 0.493 e. The van der Waals surface area contributed by atoms with E-state index < -0.39 is 0 Å². The number of rotatable bonds is 6. The Balaban J connectivity index is 1.86. The molecule has 0 fully saturated rings. The average molecular weight is 369 g/mol. The van der Waals surface area contributed by atoms with Crippen molar-refractivity contribution in [3.63, 3.8) is 0 Å². The van der Waals surface area contributed by atoms with Crippen molar-refractivity contribution < 1.29 is 9.47 Å². The molecule has 0 bridgehead atoms. The molecule has 6 heteroatoms. The van der Waals surface area contributed by atoms with E-state index in [9.17, 15) is 0 Å². The van der Waals surface area contributed by atoms with Crippen molar-refractivity contribution in [1.29, 1.82) is 0 Å². The van der Waals surface area contributed by atoms with Gasteiger partial charge in [0.05, 0.1) is 14.2 Å². The summed E-state index contributed by atoms with van der Waals surface area (Å²) in [7, 11) is 3.31. The third-order valence-corrected chi connectivity index (χ3v) is 5.26. The van der Waals surface area contributed by atoms with Crippen LogP contribution in [0.1, 0.15) is 22.5 Å². The van der Waals surface area contributed by atoms with Crippen LogP contribution in [0, 0.1) is 20.8 Å². The highest BCUT2D eigenvalue weighted by Gasteiger charge is 2.14. The van der Waals surface area contributed by atoms with Crippen molar-refractivity contribution in [3.05, 3.63) is 58.9 Å². The highest BCUT2D eigenvalue weighted by Crippen LogP contribution is 2.33. The number of hydrogen-bond acceptors (Lipinski definition) is 5. The summed E-state index contributed by atoms with van der Waals surface area (Å²) in [6, 6.07) is 12.4. The topological polar surface area (TPSA) is 49.2 Å². The second-order valence-corrected chi connectivity index (χ2v) is 7.07. The molecular weight excluding hydrogens is 346 g/mol. The highest BCUT2D eigenvalue weighted by molar-refractivity contribution is 7.98. The normalized spacial score (nSPS) is 10.8. The van der Waals surface area contributed by atoms with Crippen LogP contribution in [0.2, 0.25) is 0 Å². The standard InChI is InChI=1S/C20H23N3O2S/c1-13-6-8-17(9-7-13)23-15(3)21-22-20(23)26-12-16-11-19(25-5)18(24-4)10-14(16)2/h6-11H,12H2,1-5H3. The minimum absolute atomic E-state index is 0.741. The number of benzene rings is 2. The van der Waals surface area contributed by atoms with Gasteiger partial charge < -0.3 is 9.47 Å². The quantitative estimate of drug-likeness (QED) is 0.599. The maximum atomic E-state index is 5.42. The van der Waals surface area contributed by atoms with Gasteiger partial charge in [0, 0.05) is 11.4 Å². The van der Waals surface area contributed by atoms with E-state index >= 15 is 0 Å². The number of thioether (sulfide) groups is 1. The van der Waals surface area contributed by atoms with Crippen LogP contribution in [-0.2, 0) is 5.75 Å². The van der Waals surface area contributed by atoms with E-state index in [1.807, 2.05) is 19.1 Å². The Bertz CT molecular complexity index is 904. The van der Waals surface area contributed by atoms with Crippen molar-refractivity contribution in [2.45, 2.75) is 31.7 Å². The summed E-state index contributed by atoms with van der Waals surface area (Å²) in [6.07, 6.45) is 0. The molecular formula is C20H23N3O2S. The number of ether oxygens (including phenoxy) is 2. The molecule has 1 aromatic heterocycles. The maximum absolute atomic E-state index is 5.42. The monoisotopic (exact) mass is 369 g/mol. The van der Waals surface area contributed by atoms with Crippen molar-refractivity contribution in [2.24, 2.45) is 0 Å². The lowest BCUT2D eigenvalue weighted by atomic mass is 10.1. The molecule has 0 aliphatic carbocycles. The van der Waals surface area contributed by atoms with Crippen molar-refractivity contribution in [2.75, 3.05) is 14.2 Å². The Kier molecular flexibility index (Phi) is 5.52. The average Bonchev–Trinajstić information content (AvgIpc) is 3.01. The van der Waals surface area contributed by atoms with E-state index in [2.05, 4.69) is 52.9 Å². The van der Waals surface area contributed by atoms with Gasteiger partial charge in [-0.3, -0.25) is 4.57 Å². The summed E-state index contributed by atoms with van der Waals surface area (Å²) in [5.74, 6) is 3.14. The van der Waals surface area contributed by atoms with E-state index in [1.165, 1.54) is 11.1 Å². The molecule has 0 N–H and O–H groups in total. The van der Waals surface area contributed by atoms with Crippen LogP contribution in [0.4, 0.5) is 0 Å². The molecule has 26 heavy (non-hydrogen) atoms. The molecule has 0 atom stereocenters. The zero-order valence-electron chi connectivity index (χ0n) is 15.7. The lowest BCUT2D eigenvalue weighted by molar-refractivity contribution is 0.354. The lowest BCUT2D eigenvalue weighted by Crippen LogP contribution is -2.00. The molecule has 0 amide bonds. The summed E-state index contributed by atoms with van der Waals surface area (Å²) < 4.78 is 12.9. The van der Waals surface area contributed by atoms with Gasteiger partial charge in [0.25, 0.3) is 0 Å². The third-order valence-electron chi connectivity index (χ3n) is 4.29. The fourth-order valence-corrected chi connectivity index (χ4v) is 3.81. The minimum Gasteiger partial charge on any atom is -0.493 e. The molecule has 0 saturated carbocycles. The number of aromatic nitrogens is 3. The smallest absolute Gasteiger partial charge is 0.196 e. The predicted octanol–water partition coefficient (Wildman–Crippen LogP) is 4.50. The molecule has 2 aromatic carbocycles. The fourth-order valence-electron chi connectivity index (χ4n) is 2.75. The maximum Gasteiger partial charge on any atom is 0.196 e. The zero-order valence-corrected chi connectivity index (χ0v) is 16.6. The van der Waals surface area contributed by atoms with Crippen LogP contribution in [0.5, 0.6) is 11.5 Å². The zero-order chi connectivity index (χ0) is 18.7. The number of nitrogens with zero attached hydrogens (tertiary/aromatic N) is 3. The Labute approximate surface area is 158 Å². The van der Waals surface area contributed by atoms with Crippen molar-refractivity contribution in [3.8, 4) is 17.2 Å². The number of hydrogen-bond donors (Lipinski definition) is 0. The van der Waals surface area contributed by atoms with Gasteiger partial charge in [-0.2, -0.15) is 0 Å². The van der Waals surface area contributed by atoms with Gasteiger partial charge in [-0.1, -0.05) is 29.5 Å². The molecule has 0 spiro atoms. The van der Waals surface area contributed by atoms with Gasteiger partial charge in [0.15, 0.2) is 16.7 Å². The highest BCUT2D eigenvalue weighted by atomic mass is 32.2. The fraction of sp³-hybridized carbons (Fsp3) is 0.300. The molecule has 0 aliphatic heterocycles. The van der Waals surface area contributed by atoms with Gasteiger partial charge in [0.2, 0.25) is 0 Å². The summed E-state index contributed by atoms with van der Waals surface area (Å²) >= 11 is 1.66. The molecule has 0 aliphatic rings. The van der Waals surface area contributed by atoms with Gasteiger partial charge in [0.1, 0.15) is 5.82 Å². The molecule has 0 saturated heterocycles. The first kappa shape index (κ1) is 18.3. The molecule has 0 radical (unpaired) electrons. The van der Waals surface area contributed by atoms with E-state index in [1.54, 1.807) is 26.0 Å². The van der Waals surface area contributed by atoms with Crippen LogP contribution < -0.4 is 9.47 Å². The van der Waals surface area contributed by atoms with Crippen LogP contribution in [0.3, 0.4) is 0 Å². The van der Waals surface area contributed by atoms with Crippen LogP contribution in [-0.4, -0.2) is 29.0 Å². The Morgan fingerprint density at radius 2 is 1.58 bits per heavy atom. The van der Waals surface area contributed by atoms with E-state index in [-0.39, 0.29) is 0 Å². The van der Waals surface area contributed by atoms with Gasteiger partial charge >= 0.3 is 0 Å². The Hall–Kier alpha value is -2.47. The van der Waals surface area contributed by atoms with Gasteiger partial charge in [-0.15, -0.1) is 10.2 Å². The first-order chi connectivity index (χ1) is 12.5. The summed E-state index contributed by atoms with van der Waals surface area (Å²) in [5, 5.41) is 9.49. The van der Waals surface area contributed by atoms with E-state index in [0.29, 0.717) is 0 Å². The number of methoxy groups -OCH3 is 2. The second kappa shape index (κ2) is 7.83. The molecule has 3 rings (SSSR count). The molecule has 136 valence electrons. The predicted molar refractivity (Wildman–Crippen MR) is 105 cm³/mol. The molecule has 5 nitrogen and oxygen atoms in total. The molecule has 3 aromatic rings. The number of aryl methyl sites for hydroxylation is 3. The van der Waals surface area contributed by atoms with E-state index in [4.69, 9.17) is 9.47 Å². The Morgan fingerprint density at radius 3 is 2.23 bits per heavy atom. The SMILES string of the molecule is COc1cc(C)c(CSc2nnc(C)n2-c2ccc(C)cc2)cc1OC. The third kappa shape index (κ3) is 3.70. The second-order valence-electron chi connectivity index (χ2n) is 6.12. The van der Waals surface area contributed by atoms with E-state index in [0.717, 1.165) is 39.5 Å². The van der Waals surface area contributed by atoms with Crippen LogP contribution >= 0.6 is 11.8 Å². The summed E-state index contributed by atoms with van der Waals surface area (Å²) in [4.78, 5) is 0. The van der Waals surface area contributed by atoms with Crippen LogP contribution in [0.15, 0.2) is 41.6 Å². The first-order valence-electron chi connectivity index (χ1n) is 8.37. The van der Waals surface area contributed by atoms with Gasteiger partial charge in [-0.05, 0) is 56.2 Å². The summed E-state index contributed by atoms with van der Waals surface area (Å²) in [6.45, 7) is 6.13. The minimum atomic E-state index is 0.741. The van der Waals surface area contributed by atoms with Crippen molar-refractivity contribution >= 4 is 11.8 Å². The molecule has 1 heterocycles. The summed E-state index contributed by atoms with van der Waals surface area (Å²) in [5.41, 5.74) is 4.65. The van der Waals surface area contributed by atoms with Gasteiger partial charge in [-0.25, -0.2) is 0 Å². The van der Waals surface area contributed by atoms with Crippen molar-refractivity contribution in [1.82, 2.24) is 14.8 Å².